The molecule has 11 heavy (non-hydrogen) atoms. The molecule has 1 aromatic rings. The van der Waals surface area contributed by atoms with Gasteiger partial charge in [-0.2, -0.15) is 0 Å². The number of hydrogen-bond acceptors (Lipinski definition) is 1. The minimum absolute atomic E-state index is 0.239. The van der Waals surface area contributed by atoms with Crippen LogP contribution in [-0.4, -0.2) is 10.5 Å². The fraction of sp³-hybridized carbons (Fsp3) is 0.333. The molecule has 1 rings (SSSR count). The quantitative estimate of drug-likeness (QED) is 0.676. The third-order valence-electron chi connectivity index (χ3n) is 1.58. The molecule has 60 valence electrons. The summed E-state index contributed by atoms with van der Waals surface area (Å²) >= 11 is 5.71. The standard InChI is InChI=1S/C9H11ClO/c1-7(10)9(11)8-5-3-2-4-6-8/h2-7,9,11H,1H3/t7-,9?/m0/s1. The van der Waals surface area contributed by atoms with Gasteiger partial charge in [-0.05, 0) is 12.5 Å². The zero-order valence-corrected chi connectivity index (χ0v) is 7.12. The van der Waals surface area contributed by atoms with Crippen molar-refractivity contribution >= 4 is 11.6 Å². The van der Waals surface area contributed by atoms with Crippen molar-refractivity contribution in [2.45, 2.75) is 18.4 Å². The molecule has 1 unspecified atom stereocenters. The maximum atomic E-state index is 9.47. The first-order valence-corrected chi connectivity index (χ1v) is 4.02. The topological polar surface area (TPSA) is 20.2 Å². The van der Waals surface area contributed by atoms with Crippen LogP contribution in [0.4, 0.5) is 0 Å². The Morgan fingerprint density at radius 2 is 1.82 bits per heavy atom. The van der Waals surface area contributed by atoms with Crippen molar-refractivity contribution in [1.29, 1.82) is 0 Å². The highest BCUT2D eigenvalue weighted by atomic mass is 35.5. The fourth-order valence-corrected chi connectivity index (χ4v) is 1.06. The average Bonchev–Trinajstić information content (AvgIpc) is 2.05. The molecule has 0 aliphatic carbocycles. The Morgan fingerprint density at radius 3 is 2.27 bits per heavy atom. The summed E-state index contributed by atoms with van der Waals surface area (Å²) < 4.78 is 0. The van der Waals surface area contributed by atoms with Crippen LogP contribution < -0.4 is 0 Å². The van der Waals surface area contributed by atoms with E-state index in [0.29, 0.717) is 0 Å². The molecule has 1 nitrogen and oxygen atoms in total. The predicted octanol–water partition coefficient (Wildman–Crippen LogP) is 2.35. The van der Waals surface area contributed by atoms with Crippen molar-refractivity contribution in [1.82, 2.24) is 0 Å². The minimum Gasteiger partial charge on any atom is -0.387 e. The summed E-state index contributed by atoms with van der Waals surface area (Å²) in [5.41, 5.74) is 0.870. The van der Waals surface area contributed by atoms with Crippen LogP contribution in [0.3, 0.4) is 0 Å². The van der Waals surface area contributed by atoms with Gasteiger partial charge < -0.3 is 5.11 Å². The molecule has 0 aliphatic heterocycles. The number of hydrogen-bond donors (Lipinski definition) is 1. The second-order valence-electron chi connectivity index (χ2n) is 2.53. The zero-order valence-electron chi connectivity index (χ0n) is 6.37. The number of rotatable bonds is 2. The highest BCUT2D eigenvalue weighted by Crippen LogP contribution is 2.19. The number of aliphatic hydroxyl groups is 1. The Hall–Kier alpha value is -0.530. The Bertz CT molecular complexity index is 208. The van der Waals surface area contributed by atoms with Gasteiger partial charge in [0.05, 0.1) is 11.5 Å². The lowest BCUT2D eigenvalue weighted by molar-refractivity contribution is 0.177. The monoisotopic (exact) mass is 170 g/mol. The van der Waals surface area contributed by atoms with Gasteiger partial charge in [-0.15, -0.1) is 11.6 Å². The van der Waals surface area contributed by atoms with Crippen LogP contribution >= 0.6 is 11.6 Å². The third kappa shape index (κ3) is 2.21. The van der Waals surface area contributed by atoms with Gasteiger partial charge in [-0.1, -0.05) is 30.3 Å². The molecule has 0 fully saturated rings. The zero-order chi connectivity index (χ0) is 8.27. The predicted molar refractivity (Wildman–Crippen MR) is 46.7 cm³/mol. The lowest BCUT2D eigenvalue weighted by Crippen LogP contribution is -2.07. The van der Waals surface area contributed by atoms with E-state index in [0.717, 1.165) is 5.56 Å². The van der Waals surface area contributed by atoms with E-state index in [9.17, 15) is 5.11 Å². The van der Waals surface area contributed by atoms with E-state index in [2.05, 4.69) is 0 Å². The summed E-state index contributed by atoms with van der Waals surface area (Å²) in [5.74, 6) is 0. The molecule has 1 aromatic carbocycles. The maximum Gasteiger partial charge on any atom is 0.0950 e. The van der Waals surface area contributed by atoms with Gasteiger partial charge in [0, 0.05) is 0 Å². The first kappa shape index (κ1) is 8.57. The van der Waals surface area contributed by atoms with Crippen LogP contribution in [0, 0.1) is 0 Å². The molecular weight excluding hydrogens is 160 g/mol. The first-order chi connectivity index (χ1) is 5.22. The van der Waals surface area contributed by atoms with Crippen LogP contribution in [-0.2, 0) is 0 Å². The molecule has 0 amide bonds. The maximum absolute atomic E-state index is 9.47. The summed E-state index contributed by atoms with van der Waals surface area (Å²) in [6.07, 6.45) is -0.558. The van der Waals surface area contributed by atoms with E-state index in [1.165, 1.54) is 0 Å². The van der Waals surface area contributed by atoms with Gasteiger partial charge in [0.15, 0.2) is 0 Å². The van der Waals surface area contributed by atoms with Crippen molar-refractivity contribution in [3.8, 4) is 0 Å². The normalized spacial score (nSPS) is 15.9. The second-order valence-corrected chi connectivity index (χ2v) is 3.22. The van der Waals surface area contributed by atoms with Crippen molar-refractivity contribution in [3.63, 3.8) is 0 Å². The molecule has 2 atom stereocenters. The third-order valence-corrected chi connectivity index (χ3v) is 1.81. The smallest absolute Gasteiger partial charge is 0.0950 e. The van der Waals surface area contributed by atoms with Crippen LogP contribution in [0.1, 0.15) is 18.6 Å². The molecule has 0 spiro atoms. The van der Waals surface area contributed by atoms with Crippen LogP contribution in [0.15, 0.2) is 30.3 Å². The fourth-order valence-electron chi connectivity index (χ4n) is 0.915. The lowest BCUT2D eigenvalue weighted by atomic mass is 10.1. The van der Waals surface area contributed by atoms with Crippen molar-refractivity contribution in [2.75, 3.05) is 0 Å². The molecule has 0 aromatic heterocycles. The molecule has 0 saturated carbocycles. The molecule has 0 bridgehead atoms. The van der Waals surface area contributed by atoms with E-state index in [1.54, 1.807) is 6.92 Å². The number of halogens is 1. The van der Waals surface area contributed by atoms with E-state index < -0.39 is 6.10 Å². The van der Waals surface area contributed by atoms with Gasteiger partial charge >= 0.3 is 0 Å². The second kappa shape index (κ2) is 3.74. The van der Waals surface area contributed by atoms with E-state index in [1.807, 2.05) is 30.3 Å². The Labute approximate surface area is 71.6 Å². The number of aliphatic hydroxyl groups excluding tert-OH is 1. The van der Waals surface area contributed by atoms with Gasteiger partial charge in [0.2, 0.25) is 0 Å². The molecule has 0 heterocycles. The van der Waals surface area contributed by atoms with Gasteiger partial charge in [-0.25, -0.2) is 0 Å². The van der Waals surface area contributed by atoms with E-state index >= 15 is 0 Å². The van der Waals surface area contributed by atoms with Gasteiger partial charge in [-0.3, -0.25) is 0 Å². The van der Waals surface area contributed by atoms with Crippen molar-refractivity contribution < 1.29 is 5.11 Å². The first-order valence-electron chi connectivity index (χ1n) is 3.59. The van der Waals surface area contributed by atoms with Crippen LogP contribution in [0.5, 0.6) is 0 Å². The minimum atomic E-state index is -0.558. The largest absolute Gasteiger partial charge is 0.387 e. The summed E-state index contributed by atoms with van der Waals surface area (Å²) in [6.45, 7) is 1.78. The molecular formula is C9H11ClO. The summed E-state index contributed by atoms with van der Waals surface area (Å²) in [7, 11) is 0. The van der Waals surface area contributed by atoms with Gasteiger partial charge in [0.25, 0.3) is 0 Å². The number of alkyl halides is 1. The molecule has 0 saturated heterocycles. The molecule has 2 heteroatoms. The molecule has 1 N–H and O–H groups in total. The highest BCUT2D eigenvalue weighted by molar-refractivity contribution is 6.20. The lowest BCUT2D eigenvalue weighted by Gasteiger charge is -2.12. The molecule has 0 aliphatic rings. The Balaban J connectivity index is 2.77. The van der Waals surface area contributed by atoms with Crippen LogP contribution in [0.2, 0.25) is 0 Å². The van der Waals surface area contributed by atoms with Gasteiger partial charge in [0.1, 0.15) is 0 Å². The van der Waals surface area contributed by atoms with E-state index in [4.69, 9.17) is 11.6 Å². The Morgan fingerprint density at radius 1 is 1.27 bits per heavy atom. The summed E-state index contributed by atoms with van der Waals surface area (Å²) in [4.78, 5) is 0. The van der Waals surface area contributed by atoms with E-state index in [-0.39, 0.29) is 5.38 Å². The number of benzene rings is 1. The summed E-state index contributed by atoms with van der Waals surface area (Å²) in [5, 5.41) is 9.23. The Kier molecular flexibility index (Phi) is 2.92. The molecule has 0 radical (unpaired) electrons. The highest BCUT2D eigenvalue weighted by Gasteiger charge is 2.11. The van der Waals surface area contributed by atoms with Crippen molar-refractivity contribution in [2.24, 2.45) is 0 Å². The van der Waals surface area contributed by atoms with Crippen molar-refractivity contribution in [3.05, 3.63) is 35.9 Å². The summed E-state index contributed by atoms with van der Waals surface area (Å²) in [6, 6.07) is 9.41. The average molecular weight is 171 g/mol. The van der Waals surface area contributed by atoms with Crippen LogP contribution in [0.25, 0.3) is 0 Å². The SMILES string of the molecule is C[C@H](Cl)C(O)c1ccccc1.